The molecule has 0 fully saturated rings. The van der Waals surface area contributed by atoms with Crippen LogP contribution in [0.4, 0.5) is 0 Å². The second kappa shape index (κ2) is 6.74. The summed E-state index contributed by atoms with van der Waals surface area (Å²) in [6.45, 7) is 5.82. The molecule has 1 unspecified atom stereocenters. The van der Waals surface area contributed by atoms with Crippen LogP contribution in [0.3, 0.4) is 0 Å². The summed E-state index contributed by atoms with van der Waals surface area (Å²) in [6.07, 6.45) is 1.36. The van der Waals surface area contributed by atoms with Crippen LogP contribution >= 0.6 is 0 Å². The van der Waals surface area contributed by atoms with Gasteiger partial charge in [0.05, 0.1) is 5.60 Å². The van der Waals surface area contributed by atoms with Crippen LogP contribution in [0.2, 0.25) is 0 Å². The Labute approximate surface area is 104 Å². The van der Waals surface area contributed by atoms with Crippen molar-refractivity contribution in [2.45, 2.75) is 45.5 Å². The average molecular weight is 238 g/mol. The summed E-state index contributed by atoms with van der Waals surface area (Å²) in [5.41, 5.74) is 0.956. The van der Waals surface area contributed by atoms with Crippen molar-refractivity contribution in [3.05, 3.63) is 35.9 Å². The molecule has 1 aromatic rings. The Kier molecular flexibility index (Phi) is 5.62. The number of hydrogen-bond donors (Lipinski definition) is 0. The first-order chi connectivity index (χ1) is 8.01. The van der Waals surface area contributed by atoms with E-state index >= 15 is 0 Å². The van der Waals surface area contributed by atoms with Crippen molar-refractivity contribution >= 4 is 0 Å². The minimum Gasteiger partial charge on any atom is -0.353 e. The molecule has 0 heterocycles. The van der Waals surface area contributed by atoms with E-state index in [0.29, 0.717) is 0 Å². The van der Waals surface area contributed by atoms with Gasteiger partial charge in [0.1, 0.15) is 0 Å². The summed E-state index contributed by atoms with van der Waals surface area (Å²) in [6, 6.07) is 10.3. The van der Waals surface area contributed by atoms with Crippen LogP contribution in [-0.2, 0) is 20.9 Å². The highest BCUT2D eigenvalue weighted by Crippen LogP contribution is 2.13. The van der Waals surface area contributed by atoms with Crippen molar-refractivity contribution in [1.29, 1.82) is 0 Å². The van der Waals surface area contributed by atoms with Crippen LogP contribution in [0.25, 0.3) is 0 Å². The third kappa shape index (κ3) is 6.41. The zero-order valence-electron chi connectivity index (χ0n) is 11.1. The first-order valence-corrected chi connectivity index (χ1v) is 5.92. The molecule has 17 heavy (non-hydrogen) atoms. The second-order valence-electron chi connectivity index (χ2n) is 4.98. The number of hydrogen-bond acceptors (Lipinski definition) is 3. The van der Waals surface area contributed by atoms with Gasteiger partial charge in [0.2, 0.25) is 0 Å². The molecule has 0 aliphatic rings. The Bertz CT molecular complexity index is 303. The molecule has 0 spiro atoms. The van der Waals surface area contributed by atoms with Crippen molar-refractivity contribution in [1.82, 2.24) is 0 Å². The van der Waals surface area contributed by atoms with E-state index in [0.717, 1.165) is 12.8 Å². The fourth-order valence-electron chi connectivity index (χ4n) is 1.33. The van der Waals surface area contributed by atoms with Crippen LogP contribution < -0.4 is 0 Å². The lowest BCUT2D eigenvalue weighted by atomic mass is 10.1. The molecular formula is C14H22O3. The quantitative estimate of drug-likeness (QED) is 0.432. The second-order valence-corrected chi connectivity index (χ2v) is 4.98. The highest BCUT2D eigenvalue weighted by molar-refractivity contribution is 5.14. The minimum atomic E-state index is -0.325. The highest BCUT2D eigenvalue weighted by atomic mass is 17.2. The molecule has 96 valence electrons. The van der Waals surface area contributed by atoms with Crippen LogP contribution in [-0.4, -0.2) is 19.0 Å². The Balaban J connectivity index is 2.33. The summed E-state index contributed by atoms with van der Waals surface area (Å²) < 4.78 is 5.22. The van der Waals surface area contributed by atoms with Crippen molar-refractivity contribution < 1.29 is 14.5 Å². The Morgan fingerprint density at radius 2 is 1.76 bits per heavy atom. The summed E-state index contributed by atoms with van der Waals surface area (Å²) in [5, 5.41) is 0. The maximum absolute atomic E-state index is 5.26. The number of ether oxygens (including phenoxy) is 1. The molecule has 0 radical (unpaired) electrons. The molecule has 1 rings (SSSR count). The maximum atomic E-state index is 5.26. The van der Waals surface area contributed by atoms with Gasteiger partial charge >= 0.3 is 0 Å². The summed E-state index contributed by atoms with van der Waals surface area (Å²) in [5.74, 6) is 0. The van der Waals surface area contributed by atoms with E-state index in [9.17, 15) is 0 Å². The van der Waals surface area contributed by atoms with E-state index in [-0.39, 0.29) is 11.9 Å². The van der Waals surface area contributed by atoms with Crippen molar-refractivity contribution in [2.24, 2.45) is 0 Å². The minimum absolute atomic E-state index is 0.316. The topological polar surface area (TPSA) is 27.7 Å². The zero-order chi connectivity index (χ0) is 12.7. The lowest BCUT2D eigenvalue weighted by molar-refractivity contribution is -0.413. The normalized spacial score (nSPS) is 13.6. The van der Waals surface area contributed by atoms with E-state index in [2.05, 4.69) is 12.1 Å². The molecule has 0 N–H and O–H groups in total. The van der Waals surface area contributed by atoms with Gasteiger partial charge in [-0.2, -0.15) is 0 Å². The monoisotopic (exact) mass is 238 g/mol. The van der Waals surface area contributed by atoms with Gasteiger partial charge in [0, 0.05) is 13.5 Å². The molecule has 3 nitrogen and oxygen atoms in total. The Hall–Kier alpha value is -0.900. The van der Waals surface area contributed by atoms with Gasteiger partial charge in [-0.1, -0.05) is 30.3 Å². The van der Waals surface area contributed by atoms with E-state index in [4.69, 9.17) is 14.5 Å². The van der Waals surface area contributed by atoms with Gasteiger partial charge in [-0.05, 0) is 32.8 Å². The molecule has 1 aromatic carbocycles. The molecule has 0 bridgehead atoms. The van der Waals surface area contributed by atoms with E-state index in [1.165, 1.54) is 5.56 Å². The molecule has 0 saturated carbocycles. The molecular weight excluding hydrogens is 216 g/mol. The van der Waals surface area contributed by atoms with E-state index in [1.54, 1.807) is 7.11 Å². The summed E-state index contributed by atoms with van der Waals surface area (Å²) in [7, 11) is 1.63. The number of methoxy groups -OCH3 is 1. The van der Waals surface area contributed by atoms with Gasteiger partial charge in [0.25, 0.3) is 0 Å². The molecule has 0 amide bonds. The summed E-state index contributed by atoms with van der Waals surface area (Å²) >= 11 is 0. The fourth-order valence-corrected chi connectivity index (χ4v) is 1.33. The van der Waals surface area contributed by atoms with E-state index < -0.39 is 0 Å². The van der Waals surface area contributed by atoms with Gasteiger partial charge in [-0.15, -0.1) is 0 Å². The fraction of sp³-hybridized carbons (Fsp3) is 0.571. The predicted molar refractivity (Wildman–Crippen MR) is 67.5 cm³/mol. The van der Waals surface area contributed by atoms with Crippen molar-refractivity contribution in [2.75, 3.05) is 7.11 Å². The third-order valence-electron chi connectivity index (χ3n) is 2.18. The lowest BCUT2D eigenvalue weighted by Gasteiger charge is -2.22. The number of rotatable bonds is 6. The first kappa shape index (κ1) is 14.2. The Morgan fingerprint density at radius 1 is 1.12 bits per heavy atom. The maximum Gasteiger partial charge on any atom is 0.191 e. The molecule has 3 heteroatoms. The molecule has 0 saturated heterocycles. The van der Waals surface area contributed by atoms with E-state index in [1.807, 2.05) is 39.0 Å². The largest absolute Gasteiger partial charge is 0.353 e. The standard InChI is InChI=1S/C14H22O3/c1-14(2,3)17-16-13(15-4)11-10-12-8-6-5-7-9-12/h5-9,13H,10-11H2,1-4H3. The molecule has 1 atom stereocenters. The van der Waals surface area contributed by atoms with Crippen LogP contribution in [0.1, 0.15) is 32.8 Å². The van der Waals surface area contributed by atoms with Crippen molar-refractivity contribution in [3.8, 4) is 0 Å². The number of aryl methyl sites for hydroxylation is 1. The Morgan fingerprint density at radius 3 is 2.29 bits per heavy atom. The van der Waals surface area contributed by atoms with Crippen LogP contribution in [0.5, 0.6) is 0 Å². The van der Waals surface area contributed by atoms with Crippen LogP contribution in [0, 0.1) is 0 Å². The van der Waals surface area contributed by atoms with Crippen molar-refractivity contribution in [3.63, 3.8) is 0 Å². The third-order valence-corrected chi connectivity index (χ3v) is 2.18. The lowest BCUT2D eigenvalue weighted by Crippen LogP contribution is -2.25. The first-order valence-electron chi connectivity index (χ1n) is 5.92. The molecule has 0 aromatic heterocycles. The summed E-state index contributed by atoms with van der Waals surface area (Å²) in [4.78, 5) is 10.5. The zero-order valence-corrected chi connectivity index (χ0v) is 11.1. The van der Waals surface area contributed by atoms with Gasteiger partial charge < -0.3 is 4.74 Å². The van der Waals surface area contributed by atoms with Gasteiger partial charge in [-0.3, -0.25) is 0 Å². The molecule has 0 aliphatic heterocycles. The van der Waals surface area contributed by atoms with Crippen LogP contribution in [0.15, 0.2) is 30.3 Å². The molecule has 0 aliphatic carbocycles. The average Bonchev–Trinajstić information content (AvgIpc) is 2.29. The predicted octanol–water partition coefficient (Wildman–Crippen LogP) is 3.34. The SMILES string of the molecule is COC(CCc1ccccc1)OOC(C)(C)C. The smallest absolute Gasteiger partial charge is 0.191 e. The highest BCUT2D eigenvalue weighted by Gasteiger charge is 2.16. The number of benzene rings is 1. The van der Waals surface area contributed by atoms with Gasteiger partial charge in [-0.25, -0.2) is 9.78 Å². The van der Waals surface area contributed by atoms with Gasteiger partial charge in [0.15, 0.2) is 6.29 Å².